The maximum absolute atomic E-state index is 13.1. The van der Waals surface area contributed by atoms with Gasteiger partial charge in [-0.05, 0) is 47.1 Å². The largest absolute Gasteiger partial charge is 0.469 e. The van der Waals surface area contributed by atoms with Crippen LogP contribution in [0.2, 0.25) is 0 Å². The summed E-state index contributed by atoms with van der Waals surface area (Å²) in [5.41, 5.74) is 4.82. The van der Waals surface area contributed by atoms with E-state index < -0.39 is 17.6 Å². The predicted octanol–water partition coefficient (Wildman–Crippen LogP) is 2.56. The molecule has 104 valence electrons. The maximum atomic E-state index is 13.1. The standard InChI is InChI=1S/C13H10BrFN2O3/c1-7-9(4-5-20-7)12(18)16-17-13(19)10-6-8(15)2-3-11(10)14/h2-6H,1H3,(H,16,18)(H,17,19). The number of hydrogen-bond acceptors (Lipinski definition) is 3. The summed E-state index contributed by atoms with van der Waals surface area (Å²) in [7, 11) is 0. The summed E-state index contributed by atoms with van der Waals surface area (Å²) in [6, 6.07) is 5.17. The minimum atomic E-state index is -0.633. The molecular weight excluding hydrogens is 331 g/mol. The van der Waals surface area contributed by atoms with E-state index in [4.69, 9.17) is 4.42 Å². The Bertz CT molecular complexity index is 669. The highest BCUT2D eigenvalue weighted by atomic mass is 79.9. The smallest absolute Gasteiger partial charge is 0.273 e. The van der Waals surface area contributed by atoms with Gasteiger partial charge in [0.25, 0.3) is 11.8 Å². The molecule has 0 aliphatic rings. The van der Waals surface area contributed by atoms with E-state index in [1.807, 2.05) is 0 Å². The minimum absolute atomic E-state index is 0.0780. The number of hydrogen-bond donors (Lipinski definition) is 2. The number of aryl methyl sites for hydroxylation is 1. The second-order valence-corrected chi connectivity index (χ2v) is 4.78. The SMILES string of the molecule is Cc1occc1C(=O)NNC(=O)c1cc(F)ccc1Br. The van der Waals surface area contributed by atoms with Crippen LogP contribution in [0.3, 0.4) is 0 Å². The molecule has 2 aromatic rings. The summed E-state index contributed by atoms with van der Waals surface area (Å²) in [6.07, 6.45) is 1.37. The van der Waals surface area contributed by atoms with E-state index >= 15 is 0 Å². The van der Waals surface area contributed by atoms with Gasteiger partial charge in [0.05, 0.1) is 17.4 Å². The summed E-state index contributed by atoms with van der Waals surface area (Å²) in [5, 5.41) is 0. The summed E-state index contributed by atoms with van der Waals surface area (Å²) in [6.45, 7) is 1.62. The predicted molar refractivity (Wildman–Crippen MR) is 72.5 cm³/mol. The molecule has 0 aliphatic carbocycles. The van der Waals surface area contributed by atoms with Crippen molar-refractivity contribution in [1.29, 1.82) is 0 Å². The molecular formula is C13H10BrFN2O3. The van der Waals surface area contributed by atoms with Gasteiger partial charge in [0.1, 0.15) is 11.6 Å². The van der Waals surface area contributed by atoms with Crippen LogP contribution in [0.4, 0.5) is 4.39 Å². The van der Waals surface area contributed by atoms with Gasteiger partial charge in [0.2, 0.25) is 0 Å². The first-order valence-electron chi connectivity index (χ1n) is 5.59. The van der Waals surface area contributed by atoms with E-state index in [0.29, 0.717) is 15.8 Å². The first-order valence-corrected chi connectivity index (χ1v) is 6.38. The van der Waals surface area contributed by atoms with Crippen molar-refractivity contribution in [2.45, 2.75) is 6.92 Å². The van der Waals surface area contributed by atoms with Crippen LogP contribution in [-0.4, -0.2) is 11.8 Å². The lowest BCUT2D eigenvalue weighted by Crippen LogP contribution is -2.41. The number of rotatable bonds is 2. The lowest BCUT2D eigenvalue weighted by molar-refractivity contribution is 0.0845. The number of hydrazine groups is 1. The van der Waals surface area contributed by atoms with Crippen molar-refractivity contribution in [1.82, 2.24) is 10.9 Å². The van der Waals surface area contributed by atoms with Gasteiger partial charge in [0.15, 0.2) is 0 Å². The molecule has 2 rings (SSSR count). The Hall–Kier alpha value is -2.15. The van der Waals surface area contributed by atoms with Crippen LogP contribution in [0, 0.1) is 12.7 Å². The molecule has 20 heavy (non-hydrogen) atoms. The highest BCUT2D eigenvalue weighted by molar-refractivity contribution is 9.10. The molecule has 0 saturated heterocycles. The zero-order valence-corrected chi connectivity index (χ0v) is 12.0. The van der Waals surface area contributed by atoms with Crippen LogP contribution in [0.25, 0.3) is 0 Å². The van der Waals surface area contributed by atoms with Crippen molar-refractivity contribution in [2.75, 3.05) is 0 Å². The van der Waals surface area contributed by atoms with Gasteiger partial charge in [0, 0.05) is 4.47 Å². The van der Waals surface area contributed by atoms with Crippen molar-refractivity contribution in [3.8, 4) is 0 Å². The lowest BCUT2D eigenvalue weighted by Gasteiger charge is -2.08. The molecule has 0 unspecified atom stereocenters. The van der Waals surface area contributed by atoms with Gasteiger partial charge in [-0.2, -0.15) is 0 Å². The second-order valence-electron chi connectivity index (χ2n) is 3.92. The van der Waals surface area contributed by atoms with Crippen molar-refractivity contribution >= 4 is 27.7 Å². The third-order valence-corrected chi connectivity index (χ3v) is 3.26. The van der Waals surface area contributed by atoms with Crippen LogP contribution in [0.1, 0.15) is 26.5 Å². The summed E-state index contributed by atoms with van der Waals surface area (Å²) in [5.74, 6) is -1.26. The highest BCUT2D eigenvalue weighted by Crippen LogP contribution is 2.17. The van der Waals surface area contributed by atoms with Gasteiger partial charge >= 0.3 is 0 Å². The molecule has 5 nitrogen and oxygen atoms in total. The zero-order chi connectivity index (χ0) is 14.7. The Labute approximate surface area is 122 Å². The molecule has 2 amide bonds. The highest BCUT2D eigenvalue weighted by Gasteiger charge is 2.15. The molecule has 0 radical (unpaired) electrons. The van der Waals surface area contributed by atoms with Crippen molar-refractivity contribution in [2.24, 2.45) is 0 Å². The molecule has 0 fully saturated rings. The quantitative estimate of drug-likeness (QED) is 0.825. The number of furan rings is 1. The first-order chi connectivity index (χ1) is 9.49. The van der Waals surface area contributed by atoms with E-state index in [1.165, 1.54) is 24.5 Å². The Kier molecular flexibility index (Phi) is 4.19. The van der Waals surface area contributed by atoms with Gasteiger partial charge in [-0.3, -0.25) is 20.4 Å². The van der Waals surface area contributed by atoms with Crippen LogP contribution in [0.5, 0.6) is 0 Å². The summed E-state index contributed by atoms with van der Waals surface area (Å²) >= 11 is 3.13. The number of benzene rings is 1. The van der Waals surface area contributed by atoms with Crippen LogP contribution < -0.4 is 10.9 Å². The average molecular weight is 341 g/mol. The third kappa shape index (κ3) is 3.05. The lowest BCUT2D eigenvalue weighted by atomic mass is 10.2. The molecule has 0 spiro atoms. The van der Waals surface area contributed by atoms with E-state index in [2.05, 4.69) is 26.8 Å². The minimum Gasteiger partial charge on any atom is -0.469 e. The summed E-state index contributed by atoms with van der Waals surface area (Å²) < 4.78 is 18.5. The molecule has 1 aromatic carbocycles. The first kappa shape index (κ1) is 14.3. The van der Waals surface area contributed by atoms with Crippen LogP contribution in [0.15, 0.2) is 39.4 Å². The third-order valence-electron chi connectivity index (χ3n) is 2.57. The molecule has 1 aromatic heterocycles. The van der Waals surface area contributed by atoms with Gasteiger partial charge < -0.3 is 4.42 Å². The Balaban J connectivity index is 2.04. The normalized spacial score (nSPS) is 10.2. The fraction of sp³-hybridized carbons (Fsp3) is 0.0769. The monoisotopic (exact) mass is 340 g/mol. The molecule has 0 bridgehead atoms. The topological polar surface area (TPSA) is 71.3 Å². The van der Waals surface area contributed by atoms with E-state index in [1.54, 1.807) is 6.92 Å². The number of halogens is 2. The van der Waals surface area contributed by atoms with E-state index in [-0.39, 0.29) is 5.56 Å². The number of carbonyl (C=O) groups excluding carboxylic acids is 2. The van der Waals surface area contributed by atoms with Crippen LogP contribution in [-0.2, 0) is 0 Å². The van der Waals surface area contributed by atoms with Crippen molar-refractivity contribution < 1.29 is 18.4 Å². The maximum Gasteiger partial charge on any atom is 0.273 e. The molecule has 0 atom stereocenters. The number of amides is 2. The average Bonchev–Trinajstić information content (AvgIpc) is 2.84. The molecule has 7 heteroatoms. The molecule has 0 aliphatic heterocycles. The van der Waals surface area contributed by atoms with Crippen molar-refractivity contribution in [3.63, 3.8) is 0 Å². The Morgan fingerprint density at radius 1 is 1.15 bits per heavy atom. The Morgan fingerprint density at radius 2 is 1.80 bits per heavy atom. The van der Waals surface area contributed by atoms with Gasteiger partial charge in [-0.25, -0.2) is 4.39 Å². The van der Waals surface area contributed by atoms with Crippen LogP contribution >= 0.6 is 15.9 Å². The van der Waals surface area contributed by atoms with E-state index in [9.17, 15) is 14.0 Å². The molecule has 2 N–H and O–H groups in total. The zero-order valence-electron chi connectivity index (χ0n) is 10.4. The number of carbonyl (C=O) groups is 2. The fourth-order valence-corrected chi connectivity index (χ4v) is 1.97. The summed E-state index contributed by atoms with van der Waals surface area (Å²) in [4.78, 5) is 23.6. The van der Waals surface area contributed by atoms with Crippen molar-refractivity contribution in [3.05, 3.63) is 57.7 Å². The second kappa shape index (κ2) is 5.87. The number of nitrogens with one attached hydrogen (secondary N) is 2. The van der Waals surface area contributed by atoms with Gasteiger partial charge in [-0.1, -0.05) is 0 Å². The molecule has 0 saturated carbocycles. The molecule has 1 heterocycles. The van der Waals surface area contributed by atoms with Gasteiger partial charge in [-0.15, -0.1) is 0 Å². The van der Waals surface area contributed by atoms with E-state index in [0.717, 1.165) is 6.07 Å². The Morgan fingerprint density at radius 3 is 2.40 bits per heavy atom. The fourth-order valence-electron chi connectivity index (χ4n) is 1.54.